The number of non-ortho nitro benzene ring substituents is 1. The van der Waals surface area contributed by atoms with Crippen molar-refractivity contribution in [1.29, 1.82) is 0 Å². The van der Waals surface area contributed by atoms with Crippen LogP contribution in [-0.2, 0) is 0 Å². The minimum absolute atomic E-state index is 0.0730. The number of hydrogen-bond acceptors (Lipinski definition) is 3. The molecule has 4 bridgehead atoms. The van der Waals surface area contributed by atoms with E-state index in [1.807, 2.05) is 0 Å². The third-order valence-corrected chi connectivity index (χ3v) is 6.35. The topological polar surface area (TPSA) is 67.2 Å². The first-order chi connectivity index (χ1) is 11.5. The van der Waals surface area contributed by atoms with Crippen molar-refractivity contribution in [3.63, 3.8) is 0 Å². The van der Waals surface area contributed by atoms with Crippen LogP contribution in [0.2, 0.25) is 0 Å². The maximum absolute atomic E-state index is 10.9. The summed E-state index contributed by atoms with van der Waals surface area (Å²) in [6.45, 7) is 0.928. The Morgan fingerprint density at radius 3 is 2.42 bits per heavy atom. The molecule has 4 fully saturated rings. The summed E-state index contributed by atoms with van der Waals surface area (Å²) >= 11 is 5.41. The monoisotopic (exact) mass is 345 g/mol. The molecule has 0 saturated heterocycles. The van der Waals surface area contributed by atoms with Gasteiger partial charge in [0.25, 0.3) is 5.69 Å². The molecule has 24 heavy (non-hydrogen) atoms. The van der Waals surface area contributed by atoms with Gasteiger partial charge in [-0.3, -0.25) is 10.1 Å². The van der Waals surface area contributed by atoms with E-state index in [1.54, 1.807) is 12.1 Å². The van der Waals surface area contributed by atoms with E-state index in [1.165, 1.54) is 50.7 Å². The average molecular weight is 345 g/mol. The molecular formula is C18H23N3O2S. The van der Waals surface area contributed by atoms with Gasteiger partial charge in [-0.15, -0.1) is 0 Å². The quantitative estimate of drug-likeness (QED) is 0.488. The number of hydrogen-bond donors (Lipinski definition) is 2. The summed E-state index contributed by atoms with van der Waals surface area (Å²) in [6, 6.07) is 6.46. The Labute approximate surface area is 147 Å². The Bertz CT molecular complexity index is 641. The molecule has 0 aliphatic heterocycles. The molecule has 0 atom stereocenters. The summed E-state index contributed by atoms with van der Waals surface area (Å²) in [5.74, 6) is 2.78. The molecular weight excluding hydrogens is 322 g/mol. The van der Waals surface area contributed by atoms with Crippen LogP contribution in [-0.4, -0.2) is 16.6 Å². The summed E-state index contributed by atoms with van der Waals surface area (Å²) in [4.78, 5) is 10.5. The van der Waals surface area contributed by atoms with E-state index in [0.29, 0.717) is 16.2 Å². The fraction of sp³-hybridized carbons (Fsp3) is 0.611. The lowest BCUT2D eigenvalue weighted by atomic mass is 9.49. The first kappa shape index (κ1) is 15.8. The van der Waals surface area contributed by atoms with Gasteiger partial charge in [-0.25, -0.2) is 0 Å². The highest BCUT2D eigenvalue weighted by molar-refractivity contribution is 7.80. The van der Waals surface area contributed by atoms with Gasteiger partial charge in [0.05, 0.1) is 4.92 Å². The van der Waals surface area contributed by atoms with Crippen molar-refractivity contribution in [1.82, 2.24) is 5.32 Å². The number of nitro groups is 1. The number of anilines is 1. The largest absolute Gasteiger partial charge is 0.362 e. The zero-order valence-electron chi connectivity index (χ0n) is 13.7. The van der Waals surface area contributed by atoms with Gasteiger partial charge in [-0.05, 0) is 80.0 Å². The van der Waals surface area contributed by atoms with Gasteiger partial charge in [0, 0.05) is 24.4 Å². The number of nitro benzene ring substituents is 1. The minimum atomic E-state index is -0.392. The molecule has 1 aromatic carbocycles. The van der Waals surface area contributed by atoms with Crippen molar-refractivity contribution in [3.8, 4) is 0 Å². The highest BCUT2D eigenvalue weighted by Gasteiger charge is 2.50. The van der Waals surface area contributed by atoms with Crippen LogP contribution in [0.3, 0.4) is 0 Å². The highest BCUT2D eigenvalue weighted by atomic mass is 32.1. The Morgan fingerprint density at radius 2 is 1.83 bits per heavy atom. The van der Waals surface area contributed by atoms with Gasteiger partial charge in [-0.1, -0.05) is 6.07 Å². The molecule has 2 N–H and O–H groups in total. The van der Waals surface area contributed by atoms with Gasteiger partial charge >= 0.3 is 0 Å². The third kappa shape index (κ3) is 3.11. The van der Waals surface area contributed by atoms with Gasteiger partial charge in [0.2, 0.25) is 0 Å². The van der Waals surface area contributed by atoms with Crippen LogP contribution in [0.5, 0.6) is 0 Å². The molecule has 5 nitrogen and oxygen atoms in total. The zero-order chi connectivity index (χ0) is 16.7. The van der Waals surface area contributed by atoms with E-state index in [-0.39, 0.29) is 5.69 Å². The predicted molar refractivity (Wildman–Crippen MR) is 97.9 cm³/mol. The first-order valence-electron chi connectivity index (χ1n) is 8.81. The SMILES string of the molecule is O=[N+]([O-])c1cccc(NC(=S)NCC23CC4CC(CC(C4)C2)C3)c1. The molecule has 6 heteroatoms. The maximum atomic E-state index is 10.9. The van der Waals surface area contributed by atoms with E-state index in [0.717, 1.165) is 24.3 Å². The van der Waals surface area contributed by atoms with Crippen molar-refractivity contribution in [3.05, 3.63) is 34.4 Å². The number of nitrogens with one attached hydrogen (secondary N) is 2. The molecule has 4 aliphatic rings. The highest BCUT2D eigenvalue weighted by Crippen LogP contribution is 2.59. The van der Waals surface area contributed by atoms with E-state index < -0.39 is 4.92 Å². The summed E-state index contributed by atoms with van der Waals surface area (Å²) in [6.07, 6.45) is 8.34. The molecule has 0 spiro atoms. The maximum Gasteiger partial charge on any atom is 0.271 e. The van der Waals surface area contributed by atoms with Crippen molar-refractivity contribution in [2.75, 3.05) is 11.9 Å². The number of benzene rings is 1. The average Bonchev–Trinajstić information content (AvgIpc) is 2.52. The van der Waals surface area contributed by atoms with Crippen LogP contribution in [0.15, 0.2) is 24.3 Å². The summed E-state index contributed by atoms with van der Waals surface area (Å²) in [5, 5.41) is 17.9. The van der Waals surface area contributed by atoms with Crippen molar-refractivity contribution in [2.24, 2.45) is 23.2 Å². The molecule has 128 valence electrons. The van der Waals surface area contributed by atoms with Crippen molar-refractivity contribution in [2.45, 2.75) is 38.5 Å². The lowest BCUT2D eigenvalue weighted by Gasteiger charge is -2.57. The third-order valence-electron chi connectivity index (χ3n) is 6.10. The van der Waals surface area contributed by atoms with Gasteiger partial charge in [-0.2, -0.15) is 0 Å². The number of thiocarbonyl (C=S) groups is 1. The molecule has 0 aromatic heterocycles. The predicted octanol–water partition coefficient (Wildman–Crippen LogP) is 4.10. The second-order valence-corrected chi connectivity index (χ2v) is 8.44. The van der Waals surface area contributed by atoms with Gasteiger partial charge in [0.1, 0.15) is 0 Å². The molecule has 4 aliphatic carbocycles. The molecule has 0 heterocycles. The van der Waals surface area contributed by atoms with Crippen molar-refractivity contribution < 1.29 is 4.92 Å². The Morgan fingerprint density at radius 1 is 1.21 bits per heavy atom. The van der Waals surface area contributed by atoms with Crippen LogP contribution < -0.4 is 10.6 Å². The standard InChI is InChI=1S/C18H23N3O2S/c22-21(23)16-3-1-2-15(7-16)20-17(24)19-11-18-8-12-4-13(9-18)6-14(5-12)10-18/h1-3,7,12-14H,4-6,8-11H2,(H2,19,20,24). The second-order valence-electron chi connectivity index (χ2n) is 8.03. The van der Waals surface area contributed by atoms with Crippen LogP contribution in [0.1, 0.15) is 38.5 Å². The minimum Gasteiger partial charge on any atom is -0.362 e. The summed E-state index contributed by atoms with van der Waals surface area (Å²) in [7, 11) is 0. The lowest BCUT2D eigenvalue weighted by molar-refractivity contribution is -0.384. The van der Waals surface area contributed by atoms with Gasteiger partial charge < -0.3 is 10.6 Å². The molecule has 5 rings (SSSR count). The number of rotatable bonds is 4. The van der Waals surface area contributed by atoms with Crippen LogP contribution >= 0.6 is 12.2 Å². The smallest absolute Gasteiger partial charge is 0.271 e. The molecule has 0 amide bonds. The van der Waals surface area contributed by atoms with Crippen LogP contribution in [0, 0.1) is 33.3 Å². The van der Waals surface area contributed by atoms with E-state index >= 15 is 0 Å². The first-order valence-corrected chi connectivity index (χ1v) is 9.21. The molecule has 0 unspecified atom stereocenters. The van der Waals surface area contributed by atoms with Crippen LogP contribution in [0.25, 0.3) is 0 Å². The van der Waals surface area contributed by atoms with E-state index in [4.69, 9.17) is 12.2 Å². The zero-order valence-corrected chi connectivity index (χ0v) is 14.5. The Kier molecular flexibility index (Phi) is 3.95. The fourth-order valence-corrected chi connectivity index (χ4v) is 5.84. The van der Waals surface area contributed by atoms with Crippen molar-refractivity contribution >= 4 is 28.7 Å². The Balaban J connectivity index is 1.35. The molecule has 4 saturated carbocycles. The summed E-state index contributed by atoms with van der Waals surface area (Å²) in [5.41, 5.74) is 1.15. The normalized spacial score (nSPS) is 33.2. The molecule has 1 aromatic rings. The second kappa shape index (κ2) is 5.99. The lowest BCUT2D eigenvalue weighted by Crippen LogP contribution is -2.51. The van der Waals surface area contributed by atoms with E-state index in [9.17, 15) is 10.1 Å². The number of nitrogens with zero attached hydrogens (tertiary/aromatic N) is 1. The van der Waals surface area contributed by atoms with Crippen LogP contribution in [0.4, 0.5) is 11.4 Å². The van der Waals surface area contributed by atoms with Gasteiger partial charge in [0.15, 0.2) is 5.11 Å². The summed E-state index contributed by atoms with van der Waals surface area (Å²) < 4.78 is 0. The van der Waals surface area contributed by atoms with E-state index in [2.05, 4.69) is 10.6 Å². The molecule has 0 radical (unpaired) electrons. The fourth-order valence-electron chi connectivity index (χ4n) is 5.65. The Hall–Kier alpha value is -1.69.